The summed E-state index contributed by atoms with van der Waals surface area (Å²) in [6.07, 6.45) is 3.18. The highest BCUT2D eigenvalue weighted by molar-refractivity contribution is 6.00. The van der Waals surface area contributed by atoms with Gasteiger partial charge in [0.2, 0.25) is 11.7 Å². The zero-order chi connectivity index (χ0) is 25.0. The maximum Gasteiger partial charge on any atom is 0.262 e. The molecule has 1 saturated heterocycles. The molecule has 2 aromatic rings. The fourth-order valence-electron chi connectivity index (χ4n) is 3.31. The molecule has 172 valence electrons. The summed E-state index contributed by atoms with van der Waals surface area (Å²) in [5, 5.41) is 21.5. The number of nitrogens with zero attached hydrogens (tertiary/aromatic N) is 7. The Hall–Kier alpha value is -4.50. The minimum Gasteiger partial charge on any atom is -0.439 e. The first-order valence-electron chi connectivity index (χ1n) is 10.6. The van der Waals surface area contributed by atoms with Crippen LogP contribution in [0.15, 0.2) is 59.9 Å². The summed E-state index contributed by atoms with van der Waals surface area (Å²) in [6.45, 7) is 12.5. The Bertz CT molecular complexity index is 1270. The molecule has 1 fully saturated rings. The van der Waals surface area contributed by atoms with Gasteiger partial charge in [-0.25, -0.2) is 9.98 Å². The molecule has 9 nitrogen and oxygen atoms in total. The second-order valence-corrected chi connectivity index (χ2v) is 8.87. The topological polar surface area (TPSA) is 109 Å². The van der Waals surface area contributed by atoms with Crippen LogP contribution in [0.5, 0.6) is 11.6 Å². The molecule has 0 amide bonds. The number of hydrazine groups is 2. The fraction of sp³-hybridized carbons (Fsp3) is 0.280. The Balaban J connectivity index is 1.97. The van der Waals surface area contributed by atoms with Crippen molar-refractivity contribution in [3.8, 4) is 23.8 Å². The first-order chi connectivity index (χ1) is 16.1. The van der Waals surface area contributed by atoms with Gasteiger partial charge in [-0.2, -0.15) is 10.5 Å². The predicted molar refractivity (Wildman–Crippen MR) is 128 cm³/mol. The molecule has 9 heteroatoms. The molecule has 0 aliphatic carbocycles. The largest absolute Gasteiger partial charge is 0.439 e. The summed E-state index contributed by atoms with van der Waals surface area (Å²) in [5.74, 6) is 1.15. The van der Waals surface area contributed by atoms with E-state index in [-0.39, 0.29) is 5.41 Å². The van der Waals surface area contributed by atoms with Gasteiger partial charge in [0.25, 0.3) is 4.98 Å². The number of pyridine rings is 1. The number of ether oxygens (including phenoxy) is 1. The second-order valence-electron chi connectivity index (χ2n) is 8.87. The van der Waals surface area contributed by atoms with Gasteiger partial charge in [-0.1, -0.05) is 43.4 Å². The molecule has 0 unspecified atom stereocenters. The monoisotopic (exact) mass is 456 g/mol. The predicted octanol–water partition coefficient (Wildman–Crippen LogP) is 4.79. The number of amidine groups is 1. The third-order valence-corrected chi connectivity index (χ3v) is 4.94. The molecule has 0 radical (unpaired) electrons. The van der Waals surface area contributed by atoms with Gasteiger partial charge in [-0.3, -0.25) is 0 Å². The van der Waals surface area contributed by atoms with Crippen LogP contribution < -0.4 is 4.74 Å². The fourth-order valence-corrected chi connectivity index (χ4v) is 3.31. The van der Waals surface area contributed by atoms with Crippen LogP contribution in [0.4, 0.5) is 0 Å². The highest BCUT2D eigenvalue weighted by Gasteiger charge is 2.46. The molecule has 1 aliphatic rings. The van der Waals surface area contributed by atoms with Crippen molar-refractivity contribution in [1.82, 2.24) is 15.0 Å². The van der Waals surface area contributed by atoms with E-state index in [9.17, 15) is 10.2 Å². The van der Waals surface area contributed by atoms with Gasteiger partial charge in [-0.15, -0.1) is 0 Å². The number of benzene rings is 1. The van der Waals surface area contributed by atoms with Crippen LogP contribution in [-0.4, -0.2) is 39.4 Å². The first kappa shape index (κ1) is 24.1. The lowest BCUT2D eigenvalue weighted by atomic mass is 9.96. The molecule has 2 heterocycles. The Kier molecular flexibility index (Phi) is 6.78. The Labute approximate surface area is 199 Å². The lowest BCUT2D eigenvalue weighted by Crippen LogP contribution is -2.37. The number of allylic oxidation sites excluding steroid dienone is 1. The van der Waals surface area contributed by atoms with E-state index in [0.29, 0.717) is 52.1 Å². The molecule has 34 heavy (non-hydrogen) atoms. The molecule has 0 N–H and O–H groups in total. The van der Waals surface area contributed by atoms with Crippen molar-refractivity contribution in [2.24, 2.45) is 10.4 Å². The van der Waals surface area contributed by atoms with Gasteiger partial charge >= 0.3 is 0 Å². The molecule has 0 saturated carbocycles. The minimum absolute atomic E-state index is 0.134. The number of hydrogen-bond acceptors (Lipinski definition) is 6. The third kappa shape index (κ3) is 5.11. The van der Waals surface area contributed by atoms with E-state index in [0.717, 1.165) is 4.98 Å². The van der Waals surface area contributed by atoms with Gasteiger partial charge in [0.05, 0.1) is 41.4 Å². The maximum absolute atomic E-state index is 12.7. The van der Waals surface area contributed by atoms with E-state index in [2.05, 4.69) is 17.6 Å². The molecule has 1 aromatic heterocycles. The standard InChI is InChI=1S/C25H26N7O2/c1-7-22(29-24-17(2)31(16-25(3,4)5)32(33)30(24)6)21-12-20(10-9-19(21)14-27)34-23-11-8-18(13-26)15-28-23/h7-12,15H,2,16H2,1,3-6H3/q+1. The molecular weight excluding hydrogens is 430 g/mol. The number of aromatic nitrogens is 1. The molecule has 0 bridgehead atoms. The van der Waals surface area contributed by atoms with Gasteiger partial charge in [-0.05, 0) is 36.6 Å². The number of likely N-dealkylation sites (N-methyl/N-ethyl adjacent to an activating group) is 1. The van der Waals surface area contributed by atoms with Crippen LogP contribution in [-0.2, 0) is 0 Å². The minimum atomic E-state index is -0.134. The van der Waals surface area contributed by atoms with E-state index in [4.69, 9.17) is 15.0 Å². The van der Waals surface area contributed by atoms with Crippen molar-refractivity contribution in [1.29, 1.82) is 10.5 Å². The number of hydrogen-bond donors (Lipinski definition) is 0. The van der Waals surface area contributed by atoms with Crippen molar-refractivity contribution in [3.63, 3.8) is 0 Å². The quantitative estimate of drug-likeness (QED) is 0.595. The van der Waals surface area contributed by atoms with Gasteiger partial charge in [0.15, 0.2) is 0 Å². The van der Waals surface area contributed by atoms with Crippen molar-refractivity contribution in [2.45, 2.75) is 27.7 Å². The van der Waals surface area contributed by atoms with Crippen molar-refractivity contribution in [2.75, 3.05) is 13.6 Å². The zero-order valence-corrected chi connectivity index (χ0v) is 19.9. The summed E-state index contributed by atoms with van der Waals surface area (Å²) < 4.78 is 5.81. The summed E-state index contributed by atoms with van der Waals surface area (Å²) in [4.78, 5) is 22.3. The van der Waals surface area contributed by atoms with E-state index in [1.54, 1.807) is 50.4 Å². The summed E-state index contributed by atoms with van der Waals surface area (Å²) >= 11 is 0. The van der Waals surface area contributed by atoms with Gasteiger partial charge in [0, 0.05) is 17.8 Å². The normalized spacial score (nSPS) is 15.5. The summed E-state index contributed by atoms with van der Waals surface area (Å²) in [6, 6.07) is 12.4. The van der Waals surface area contributed by atoms with Gasteiger partial charge in [0.1, 0.15) is 17.5 Å². The molecule has 1 aromatic carbocycles. The number of nitriles is 2. The highest BCUT2D eigenvalue weighted by Crippen LogP contribution is 2.30. The van der Waals surface area contributed by atoms with E-state index in [1.807, 2.05) is 26.8 Å². The number of rotatable bonds is 5. The van der Waals surface area contributed by atoms with Crippen molar-refractivity contribution >= 4 is 11.5 Å². The molecule has 0 spiro atoms. The molecule has 3 rings (SSSR count). The Morgan fingerprint density at radius 1 is 1.26 bits per heavy atom. The SMILES string of the molecule is C=C1C(=NC(=CC)c2cc(Oc3ccc(C#N)cn3)ccc2C#N)N(C)[N+](=O)N1CC(C)(C)C. The number of aliphatic imine (C=N–C) groups is 1. The van der Waals surface area contributed by atoms with E-state index in [1.165, 1.54) is 16.2 Å². The maximum atomic E-state index is 12.7. The van der Waals surface area contributed by atoms with Crippen LogP contribution in [0.3, 0.4) is 0 Å². The number of nitroso groups, excluding NO2 is 1. The Morgan fingerprint density at radius 3 is 2.56 bits per heavy atom. The van der Waals surface area contributed by atoms with Crippen LogP contribution >= 0.6 is 0 Å². The first-order valence-corrected chi connectivity index (χ1v) is 10.6. The average molecular weight is 457 g/mol. The second kappa shape index (κ2) is 9.55. The van der Waals surface area contributed by atoms with Gasteiger partial charge < -0.3 is 4.74 Å². The van der Waals surface area contributed by atoms with E-state index < -0.39 is 0 Å². The smallest absolute Gasteiger partial charge is 0.262 e. The molecule has 1 aliphatic heterocycles. The van der Waals surface area contributed by atoms with E-state index >= 15 is 0 Å². The lowest BCUT2D eigenvalue weighted by molar-refractivity contribution is -0.789. The van der Waals surface area contributed by atoms with Crippen LogP contribution in [0.1, 0.15) is 44.4 Å². The van der Waals surface area contributed by atoms with Crippen LogP contribution in [0, 0.1) is 33.0 Å². The average Bonchev–Trinajstić information content (AvgIpc) is 3.00. The molecule has 0 atom stereocenters. The van der Waals surface area contributed by atoms with Crippen LogP contribution in [0.2, 0.25) is 0 Å². The zero-order valence-electron chi connectivity index (χ0n) is 19.9. The lowest BCUT2D eigenvalue weighted by Gasteiger charge is -2.19. The third-order valence-electron chi connectivity index (χ3n) is 4.94. The van der Waals surface area contributed by atoms with Crippen LogP contribution in [0.25, 0.3) is 5.70 Å². The molecular formula is C25H26N7O2+. The summed E-state index contributed by atoms with van der Waals surface area (Å²) in [7, 11) is 1.62. The van der Waals surface area contributed by atoms with Crippen molar-refractivity contribution < 1.29 is 9.71 Å². The highest BCUT2D eigenvalue weighted by atomic mass is 16.5. The van der Waals surface area contributed by atoms with Crippen molar-refractivity contribution in [3.05, 3.63) is 76.5 Å². The Morgan fingerprint density at radius 2 is 2.00 bits per heavy atom. The summed E-state index contributed by atoms with van der Waals surface area (Å²) in [5.41, 5.74) is 2.19.